The lowest BCUT2D eigenvalue weighted by molar-refractivity contribution is -0.118. The summed E-state index contributed by atoms with van der Waals surface area (Å²) < 4.78 is 12.1. The van der Waals surface area contributed by atoms with Crippen molar-refractivity contribution in [2.45, 2.75) is 45.8 Å². The first kappa shape index (κ1) is 18.0. The first-order chi connectivity index (χ1) is 10.6. The van der Waals surface area contributed by atoms with E-state index in [9.17, 15) is 4.79 Å². The molecule has 0 saturated carbocycles. The first-order valence-corrected chi connectivity index (χ1v) is 7.92. The van der Waals surface area contributed by atoms with Crippen molar-refractivity contribution in [1.82, 2.24) is 10.3 Å². The molecule has 0 atom stereocenters. The van der Waals surface area contributed by atoms with Gasteiger partial charge in [0, 0.05) is 13.5 Å². The molecule has 23 heavy (non-hydrogen) atoms. The Balaban J connectivity index is 2.30. The van der Waals surface area contributed by atoms with Crippen LogP contribution in [0, 0.1) is 0 Å². The number of nitrogens with zero attached hydrogens (tertiary/aromatic N) is 1. The number of hydrogen-bond donors (Lipinski definition) is 1. The summed E-state index contributed by atoms with van der Waals surface area (Å²) in [6.45, 7) is 9.74. The van der Waals surface area contributed by atoms with E-state index in [1.54, 1.807) is 6.07 Å². The largest absolute Gasteiger partial charge is 0.492 e. The average molecular weight is 337 g/mol. The Kier molecular flexibility index (Phi) is 5.18. The Labute approximate surface area is 142 Å². The number of aromatic nitrogens is 1. The molecule has 1 aliphatic rings. The lowest BCUT2D eigenvalue weighted by atomic mass is 9.77. The van der Waals surface area contributed by atoms with E-state index in [-0.39, 0.29) is 5.91 Å². The topological polar surface area (TPSA) is 60.5 Å². The Hall–Kier alpha value is -1.37. The fourth-order valence-corrected chi connectivity index (χ4v) is 2.29. The van der Waals surface area contributed by atoms with Crippen LogP contribution in [-0.2, 0) is 14.1 Å². The average Bonchev–Trinajstić information content (AvgIpc) is 2.63. The highest BCUT2D eigenvalue weighted by molar-refractivity contribution is 6.56. The van der Waals surface area contributed by atoms with Gasteiger partial charge >= 0.3 is 7.12 Å². The van der Waals surface area contributed by atoms with Crippen molar-refractivity contribution in [3.63, 3.8) is 0 Å². The van der Waals surface area contributed by atoms with Gasteiger partial charge in [-0.25, -0.2) is 4.98 Å². The van der Waals surface area contributed by atoms with E-state index in [1.807, 2.05) is 45.9 Å². The third-order valence-electron chi connectivity index (χ3n) is 4.17. The monoisotopic (exact) mass is 336 g/mol. The van der Waals surface area contributed by atoms with Crippen LogP contribution >= 0.6 is 11.6 Å². The van der Waals surface area contributed by atoms with Crippen LogP contribution in [0.25, 0.3) is 6.08 Å². The molecule has 2 heterocycles. The van der Waals surface area contributed by atoms with Crippen molar-refractivity contribution < 1.29 is 14.1 Å². The predicted molar refractivity (Wildman–Crippen MR) is 92.0 cm³/mol. The molecular weight excluding hydrogens is 314 g/mol. The normalized spacial score (nSPS) is 19.7. The van der Waals surface area contributed by atoms with Crippen molar-refractivity contribution in [1.29, 1.82) is 0 Å². The maximum absolute atomic E-state index is 11.3. The molecule has 5 nitrogen and oxygen atoms in total. The predicted octanol–water partition coefficient (Wildman–Crippen LogP) is 2.89. The van der Waals surface area contributed by atoms with Gasteiger partial charge in [0.05, 0.1) is 16.9 Å². The zero-order valence-corrected chi connectivity index (χ0v) is 14.9. The van der Waals surface area contributed by atoms with Crippen molar-refractivity contribution in [2.75, 3.05) is 6.54 Å². The molecule has 1 aliphatic heterocycles. The molecule has 7 heteroatoms. The Bertz CT molecular complexity index is 616. The SMILES string of the molecule is CC(=O)NCC(=Cc1cccc(Cl)n1)B1OC(C)(C)C(C)(C)O1. The minimum Gasteiger partial charge on any atom is -0.400 e. The Morgan fingerprint density at radius 3 is 2.43 bits per heavy atom. The molecule has 1 N–H and O–H groups in total. The number of amides is 1. The minimum absolute atomic E-state index is 0.119. The third kappa shape index (κ3) is 4.34. The number of pyridine rings is 1. The zero-order valence-electron chi connectivity index (χ0n) is 14.1. The number of hydrogen-bond acceptors (Lipinski definition) is 4. The van der Waals surface area contributed by atoms with Crippen molar-refractivity contribution in [2.24, 2.45) is 0 Å². The van der Waals surface area contributed by atoms with E-state index < -0.39 is 18.3 Å². The second-order valence-corrected chi connectivity index (χ2v) is 6.99. The molecule has 0 spiro atoms. The summed E-state index contributed by atoms with van der Waals surface area (Å²) in [6.07, 6.45) is 1.84. The van der Waals surface area contributed by atoms with Gasteiger partial charge < -0.3 is 14.6 Å². The maximum atomic E-state index is 11.3. The molecule has 0 bridgehead atoms. The molecule has 1 aromatic heterocycles. The van der Waals surface area contributed by atoms with Crippen molar-refractivity contribution >= 4 is 30.7 Å². The van der Waals surface area contributed by atoms with Crippen LogP contribution < -0.4 is 5.32 Å². The summed E-state index contributed by atoms with van der Waals surface area (Å²) >= 11 is 5.93. The number of carbonyl (C=O) groups excluding carboxylic acids is 1. The number of halogens is 1. The van der Waals surface area contributed by atoms with Crippen LogP contribution in [0.15, 0.2) is 23.7 Å². The number of carbonyl (C=O) groups is 1. The van der Waals surface area contributed by atoms with Crippen LogP contribution in [0.2, 0.25) is 5.15 Å². The minimum atomic E-state index is -0.548. The molecule has 0 aliphatic carbocycles. The van der Waals surface area contributed by atoms with Crippen molar-refractivity contribution in [3.8, 4) is 0 Å². The summed E-state index contributed by atoms with van der Waals surface area (Å²) in [7, 11) is -0.548. The molecule has 1 saturated heterocycles. The van der Waals surface area contributed by atoms with Crippen LogP contribution in [0.5, 0.6) is 0 Å². The molecule has 1 amide bonds. The van der Waals surface area contributed by atoms with Gasteiger partial charge in [0.1, 0.15) is 5.15 Å². The lowest BCUT2D eigenvalue weighted by Gasteiger charge is -2.32. The van der Waals surface area contributed by atoms with E-state index >= 15 is 0 Å². The van der Waals surface area contributed by atoms with Crippen molar-refractivity contribution in [3.05, 3.63) is 34.5 Å². The summed E-state index contributed by atoms with van der Waals surface area (Å²) in [6, 6.07) is 5.37. The first-order valence-electron chi connectivity index (χ1n) is 7.54. The van der Waals surface area contributed by atoms with Crippen LogP contribution in [0.1, 0.15) is 40.3 Å². The summed E-state index contributed by atoms with van der Waals surface area (Å²) in [5.41, 5.74) is 0.574. The highest BCUT2D eigenvalue weighted by Crippen LogP contribution is 2.38. The molecule has 124 valence electrons. The Morgan fingerprint density at radius 2 is 1.91 bits per heavy atom. The van der Waals surface area contributed by atoms with Crippen LogP contribution in [-0.4, -0.2) is 35.8 Å². The highest BCUT2D eigenvalue weighted by atomic mass is 35.5. The third-order valence-corrected chi connectivity index (χ3v) is 4.38. The molecule has 0 radical (unpaired) electrons. The van der Waals surface area contributed by atoms with Gasteiger partial charge in [0.2, 0.25) is 5.91 Å². The quantitative estimate of drug-likeness (QED) is 0.678. The molecule has 1 aromatic rings. The van der Waals surface area contributed by atoms with Gasteiger partial charge in [-0.05, 0) is 51.4 Å². The van der Waals surface area contributed by atoms with E-state index in [0.29, 0.717) is 17.4 Å². The van der Waals surface area contributed by atoms with Gasteiger partial charge in [-0.15, -0.1) is 0 Å². The van der Waals surface area contributed by atoms with E-state index in [0.717, 1.165) is 5.47 Å². The standard InChI is InChI=1S/C16H22BClN2O3/c1-11(21)19-10-12(9-13-7-6-8-14(18)20-13)17-22-15(2,3)16(4,5)23-17/h6-9H,10H2,1-5H3,(H,19,21). The molecular formula is C16H22BClN2O3. The number of rotatable bonds is 4. The highest BCUT2D eigenvalue weighted by Gasteiger charge is 2.52. The zero-order chi connectivity index (χ0) is 17.3. The molecule has 0 aromatic carbocycles. The van der Waals surface area contributed by atoms with Gasteiger partial charge in [0.25, 0.3) is 0 Å². The van der Waals surface area contributed by atoms with Gasteiger partial charge in [-0.2, -0.15) is 0 Å². The number of nitrogens with one attached hydrogen (secondary N) is 1. The van der Waals surface area contributed by atoms with Gasteiger partial charge in [-0.3, -0.25) is 4.79 Å². The van der Waals surface area contributed by atoms with E-state index in [4.69, 9.17) is 20.9 Å². The Morgan fingerprint density at radius 1 is 1.30 bits per heavy atom. The van der Waals surface area contributed by atoms with E-state index in [1.165, 1.54) is 6.92 Å². The van der Waals surface area contributed by atoms with Gasteiger partial charge in [0.15, 0.2) is 0 Å². The molecule has 0 unspecified atom stereocenters. The fraction of sp³-hybridized carbons (Fsp3) is 0.500. The smallest absolute Gasteiger partial charge is 0.400 e. The second kappa shape index (κ2) is 6.63. The second-order valence-electron chi connectivity index (χ2n) is 6.60. The summed E-state index contributed by atoms with van der Waals surface area (Å²) in [5.74, 6) is -0.119. The molecule has 1 fully saturated rings. The molecule has 2 rings (SSSR count). The lowest BCUT2D eigenvalue weighted by Crippen LogP contribution is -2.41. The van der Waals surface area contributed by atoms with Crippen LogP contribution in [0.4, 0.5) is 0 Å². The fourth-order valence-electron chi connectivity index (χ4n) is 2.12. The van der Waals surface area contributed by atoms with Gasteiger partial charge in [-0.1, -0.05) is 17.7 Å². The van der Waals surface area contributed by atoms with E-state index in [2.05, 4.69) is 10.3 Å². The summed E-state index contributed by atoms with van der Waals surface area (Å²) in [4.78, 5) is 15.5. The summed E-state index contributed by atoms with van der Waals surface area (Å²) in [5, 5.41) is 3.19. The van der Waals surface area contributed by atoms with Crippen LogP contribution in [0.3, 0.4) is 0 Å². The maximum Gasteiger partial charge on any atom is 0.492 e.